The van der Waals surface area contributed by atoms with Crippen molar-refractivity contribution in [1.29, 1.82) is 0 Å². The van der Waals surface area contributed by atoms with E-state index in [4.69, 9.17) is 4.74 Å². The molecule has 7 heteroatoms. The van der Waals surface area contributed by atoms with Gasteiger partial charge >= 0.3 is 0 Å². The molecule has 3 rings (SSSR count). The Labute approximate surface area is 130 Å². The molecule has 0 amide bonds. The van der Waals surface area contributed by atoms with E-state index in [0.717, 1.165) is 32.1 Å². The molecule has 2 aliphatic heterocycles. The second-order valence-corrected chi connectivity index (χ2v) is 7.89. The van der Waals surface area contributed by atoms with Crippen molar-refractivity contribution in [3.8, 4) is 0 Å². The van der Waals surface area contributed by atoms with Gasteiger partial charge < -0.3 is 9.30 Å². The highest BCUT2D eigenvalue weighted by Gasteiger charge is 2.28. The molecular formula is C15H22N2O4S. The maximum Gasteiger partial charge on any atom is 0.250 e. The largest absolute Gasteiger partial charge is 0.376 e. The molecule has 3 heterocycles. The van der Waals surface area contributed by atoms with Crippen LogP contribution in [0.2, 0.25) is 0 Å². The van der Waals surface area contributed by atoms with Crippen LogP contribution in [0.3, 0.4) is 0 Å². The van der Waals surface area contributed by atoms with Crippen LogP contribution in [0.4, 0.5) is 0 Å². The molecule has 0 aromatic carbocycles. The SMILES string of the molecule is O=c1ccc(S(=O)(=O)N2CCCC2)cn1CC1CCCCO1. The van der Waals surface area contributed by atoms with E-state index in [1.54, 1.807) is 0 Å². The van der Waals surface area contributed by atoms with E-state index >= 15 is 0 Å². The van der Waals surface area contributed by atoms with Gasteiger partial charge in [0.25, 0.3) is 5.56 Å². The highest BCUT2D eigenvalue weighted by molar-refractivity contribution is 7.89. The number of hydrogen-bond acceptors (Lipinski definition) is 4. The summed E-state index contributed by atoms with van der Waals surface area (Å²) < 4.78 is 33.7. The van der Waals surface area contributed by atoms with Crippen molar-refractivity contribution >= 4 is 10.0 Å². The van der Waals surface area contributed by atoms with Gasteiger partial charge in [-0.1, -0.05) is 0 Å². The third-order valence-corrected chi connectivity index (χ3v) is 6.22. The zero-order chi connectivity index (χ0) is 15.6. The Balaban J connectivity index is 1.84. The number of nitrogens with zero attached hydrogens (tertiary/aromatic N) is 2. The third kappa shape index (κ3) is 3.26. The van der Waals surface area contributed by atoms with E-state index in [2.05, 4.69) is 0 Å². The van der Waals surface area contributed by atoms with Crippen LogP contribution in [0.15, 0.2) is 28.0 Å². The Morgan fingerprint density at radius 2 is 1.91 bits per heavy atom. The molecule has 1 unspecified atom stereocenters. The van der Waals surface area contributed by atoms with Gasteiger partial charge in [0.1, 0.15) is 0 Å². The van der Waals surface area contributed by atoms with Gasteiger partial charge in [-0.15, -0.1) is 0 Å². The molecule has 0 aliphatic carbocycles. The van der Waals surface area contributed by atoms with Crippen LogP contribution in [0.5, 0.6) is 0 Å². The molecule has 2 aliphatic rings. The second kappa shape index (κ2) is 6.52. The Hall–Kier alpha value is -1.18. The van der Waals surface area contributed by atoms with Gasteiger partial charge in [-0.05, 0) is 38.2 Å². The van der Waals surface area contributed by atoms with Crippen LogP contribution >= 0.6 is 0 Å². The van der Waals surface area contributed by atoms with E-state index in [0.29, 0.717) is 26.2 Å². The molecule has 1 atom stereocenters. The molecule has 2 fully saturated rings. The molecule has 0 N–H and O–H groups in total. The Bertz CT molecular complexity index is 671. The molecule has 22 heavy (non-hydrogen) atoms. The molecule has 0 radical (unpaired) electrons. The van der Waals surface area contributed by atoms with Crippen LogP contribution in [0.25, 0.3) is 0 Å². The summed E-state index contributed by atoms with van der Waals surface area (Å²) >= 11 is 0. The van der Waals surface area contributed by atoms with Gasteiger partial charge in [-0.2, -0.15) is 4.31 Å². The topological polar surface area (TPSA) is 68.6 Å². The monoisotopic (exact) mass is 326 g/mol. The molecule has 6 nitrogen and oxygen atoms in total. The van der Waals surface area contributed by atoms with Gasteiger partial charge in [0, 0.05) is 32.0 Å². The molecule has 0 spiro atoms. The maximum absolute atomic E-state index is 12.6. The van der Waals surface area contributed by atoms with Crippen molar-refractivity contribution in [3.63, 3.8) is 0 Å². The summed E-state index contributed by atoms with van der Waals surface area (Å²) in [6.07, 6.45) is 6.31. The number of rotatable bonds is 4. The first-order valence-electron chi connectivity index (χ1n) is 7.89. The predicted molar refractivity (Wildman–Crippen MR) is 82.3 cm³/mol. The fourth-order valence-electron chi connectivity index (χ4n) is 3.05. The molecule has 1 aromatic rings. The maximum atomic E-state index is 12.6. The quantitative estimate of drug-likeness (QED) is 0.834. The summed E-state index contributed by atoms with van der Waals surface area (Å²) in [5.74, 6) is 0. The van der Waals surface area contributed by atoms with Gasteiger partial charge in [-0.25, -0.2) is 8.42 Å². The first kappa shape index (κ1) is 15.7. The van der Waals surface area contributed by atoms with E-state index in [9.17, 15) is 13.2 Å². The number of hydrogen-bond donors (Lipinski definition) is 0. The third-order valence-electron chi connectivity index (χ3n) is 4.33. The first-order valence-corrected chi connectivity index (χ1v) is 9.33. The van der Waals surface area contributed by atoms with Gasteiger partial charge in [-0.3, -0.25) is 4.79 Å². The summed E-state index contributed by atoms with van der Waals surface area (Å²) in [5, 5.41) is 0. The van der Waals surface area contributed by atoms with Crippen molar-refractivity contribution in [2.24, 2.45) is 0 Å². The normalized spacial score (nSPS) is 23.7. The van der Waals surface area contributed by atoms with Crippen LogP contribution < -0.4 is 5.56 Å². The molecular weight excluding hydrogens is 304 g/mol. The van der Waals surface area contributed by atoms with E-state index in [-0.39, 0.29) is 16.6 Å². The summed E-state index contributed by atoms with van der Waals surface area (Å²) in [5.41, 5.74) is -0.186. The lowest BCUT2D eigenvalue weighted by molar-refractivity contribution is 0.00531. The number of pyridine rings is 1. The second-order valence-electron chi connectivity index (χ2n) is 5.96. The molecule has 1 aromatic heterocycles. The van der Waals surface area contributed by atoms with Crippen LogP contribution in [0.1, 0.15) is 32.1 Å². The van der Waals surface area contributed by atoms with Crippen LogP contribution in [-0.2, 0) is 21.3 Å². The predicted octanol–water partition coefficient (Wildman–Crippen LogP) is 1.20. The fraction of sp³-hybridized carbons (Fsp3) is 0.667. The van der Waals surface area contributed by atoms with Crippen molar-refractivity contribution < 1.29 is 13.2 Å². The lowest BCUT2D eigenvalue weighted by Gasteiger charge is -2.23. The minimum atomic E-state index is -3.49. The van der Waals surface area contributed by atoms with Crippen molar-refractivity contribution in [2.45, 2.75) is 49.6 Å². The van der Waals surface area contributed by atoms with Gasteiger partial charge in [0.05, 0.1) is 17.5 Å². The highest BCUT2D eigenvalue weighted by Crippen LogP contribution is 2.20. The highest BCUT2D eigenvalue weighted by atomic mass is 32.2. The summed E-state index contributed by atoms with van der Waals surface area (Å²) in [7, 11) is -3.49. The van der Waals surface area contributed by atoms with E-state index in [1.165, 1.54) is 27.2 Å². The van der Waals surface area contributed by atoms with Gasteiger partial charge in [0.2, 0.25) is 10.0 Å². The average molecular weight is 326 g/mol. The fourth-order valence-corrected chi connectivity index (χ4v) is 4.59. The zero-order valence-electron chi connectivity index (χ0n) is 12.6. The van der Waals surface area contributed by atoms with Crippen LogP contribution in [-0.4, -0.2) is 43.1 Å². The summed E-state index contributed by atoms with van der Waals surface area (Å²) in [4.78, 5) is 12.2. The molecule has 2 saturated heterocycles. The minimum Gasteiger partial charge on any atom is -0.376 e. The Kier molecular flexibility index (Phi) is 4.65. The van der Waals surface area contributed by atoms with E-state index < -0.39 is 10.0 Å². The van der Waals surface area contributed by atoms with E-state index in [1.807, 2.05) is 0 Å². The van der Waals surface area contributed by atoms with Gasteiger partial charge in [0.15, 0.2) is 0 Å². The lowest BCUT2D eigenvalue weighted by Crippen LogP contribution is -2.32. The standard InChI is InChI=1S/C15H22N2O4S/c18-15-7-6-14(22(19,20)17-8-2-3-9-17)12-16(15)11-13-5-1-4-10-21-13/h6-7,12-13H,1-5,8-11H2. The Morgan fingerprint density at radius 3 is 2.59 bits per heavy atom. The number of aromatic nitrogens is 1. The molecule has 0 bridgehead atoms. The van der Waals surface area contributed by atoms with Crippen LogP contribution in [0, 0.1) is 0 Å². The number of sulfonamides is 1. The summed E-state index contributed by atoms with van der Waals surface area (Å²) in [6, 6.07) is 2.75. The smallest absolute Gasteiger partial charge is 0.250 e. The lowest BCUT2D eigenvalue weighted by atomic mass is 10.1. The molecule has 122 valence electrons. The average Bonchev–Trinajstić information content (AvgIpc) is 3.05. The van der Waals surface area contributed by atoms with Crippen molar-refractivity contribution in [2.75, 3.05) is 19.7 Å². The summed E-state index contributed by atoms with van der Waals surface area (Å²) in [6.45, 7) is 2.26. The first-order chi connectivity index (χ1) is 10.6. The zero-order valence-corrected chi connectivity index (χ0v) is 13.4. The van der Waals surface area contributed by atoms with Crippen molar-refractivity contribution in [3.05, 3.63) is 28.7 Å². The Morgan fingerprint density at radius 1 is 1.14 bits per heavy atom. The number of ether oxygens (including phenoxy) is 1. The molecule has 0 saturated carbocycles. The van der Waals surface area contributed by atoms with Crippen molar-refractivity contribution in [1.82, 2.24) is 8.87 Å². The minimum absolute atomic E-state index is 0.00353.